The standard InChI is InChI=1S/C13H15BrN2O/c1-17-13-6-2-5-12(8-13)16-10-11(9-15-16)4-3-7-14/h2,5-6,8-10H,3-4,7H2,1H3. The van der Waals surface area contributed by atoms with Crippen LogP contribution in [0.25, 0.3) is 5.69 Å². The van der Waals surface area contributed by atoms with Crippen LogP contribution in [0.3, 0.4) is 0 Å². The predicted octanol–water partition coefficient (Wildman–Crippen LogP) is 3.21. The van der Waals surface area contributed by atoms with E-state index in [9.17, 15) is 0 Å². The Morgan fingerprint density at radius 3 is 3.06 bits per heavy atom. The summed E-state index contributed by atoms with van der Waals surface area (Å²) in [4.78, 5) is 0. The maximum absolute atomic E-state index is 5.20. The second-order valence-corrected chi connectivity index (χ2v) is 4.58. The number of rotatable bonds is 5. The van der Waals surface area contributed by atoms with Crippen LogP contribution in [0.5, 0.6) is 5.75 Å². The van der Waals surface area contributed by atoms with Crippen molar-refractivity contribution in [1.29, 1.82) is 0 Å². The van der Waals surface area contributed by atoms with Gasteiger partial charge in [-0.05, 0) is 30.5 Å². The SMILES string of the molecule is COc1cccc(-n2cc(CCCBr)cn2)c1. The lowest BCUT2D eigenvalue weighted by atomic mass is 10.2. The summed E-state index contributed by atoms with van der Waals surface area (Å²) < 4.78 is 7.08. The van der Waals surface area contributed by atoms with Crippen molar-refractivity contribution in [2.75, 3.05) is 12.4 Å². The van der Waals surface area contributed by atoms with Crippen molar-refractivity contribution < 1.29 is 4.74 Å². The van der Waals surface area contributed by atoms with Crippen LogP contribution in [0.15, 0.2) is 36.7 Å². The van der Waals surface area contributed by atoms with Crippen molar-refractivity contribution in [3.8, 4) is 11.4 Å². The minimum absolute atomic E-state index is 0.847. The molecule has 0 aliphatic carbocycles. The number of hydrogen-bond acceptors (Lipinski definition) is 2. The summed E-state index contributed by atoms with van der Waals surface area (Å²) in [5, 5.41) is 5.39. The van der Waals surface area contributed by atoms with E-state index in [2.05, 4.69) is 27.2 Å². The molecular formula is C13H15BrN2O. The van der Waals surface area contributed by atoms with Gasteiger partial charge in [-0.1, -0.05) is 22.0 Å². The third-order valence-electron chi connectivity index (χ3n) is 2.55. The average molecular weight is 295 g/mol. The molecule has 90 valence electrons. The van der Waals surface area contributed by atoms with Crippen LogP contribution in [0.4, 0.5) is 0 Å². The molecule has 2 aromatic rings. The maximum atomic E-state index is 5.20. The molecule has 0 saturated heterocycles. The number of halogens is 1. The Kier molecular flexibility index (Phi) is 4.20. The molecule has 0 spiro atoms. The molecule has 1 aromatic carbocycles. The van der Waals surface area contributed by atoms with E-state index in [0.717, 1.165) is 29.6 Å². The highest BCUT2D eigenvalue weighted by atomic mass is 79.9. The molecule has 0 atom stereocenters. The number of benzene rings is 1. The van der Waals surface area contributed by atoms with E-state index >= 15 is 0 Å². The van der Waals surface area contributed by atoms with Crippen molar-refractivity contribution in [1.82, 2.24) is 9.78 Å². The zero-order chi connectivity index (χ0) is 12.1. The highest BCUT2D eigenvalue weighted by Gasteiger charge is 2.02. The van der Waals surface area contributed by atoms with E-state index in [1.807, 2.05) is 35.1 Å². The number of aromatic nitrogens is 2. The molecule has 1 heterocycles. The number of ether oxygens (including phenoxy) is 1. The van der Waals surface area contributed by atoms with Gasteiger partial charge in [-0.25, -0.2) is 4.68 Å². The summed E-state index contributed by atoms with van der Waals surface area (Å²) in [5.41, 5.74) is 2.28. The fraction of sp³-hybridized carbons (Fsp3) is 0.308. The van der Waals surface area contributed by atoms with Crippen LogP contribution < -0.4 is 4.74 Å². The maximum Gasteiger partial charge on any atom is 0.121 e. The topological polar surface area (TPSA) is 27.1 Å². The average Bonchev–Trinajstić information content (AvgIpc) is 2.85. The second kappa shape index (κ2) is 5.87. The van der Waals surface area contributed by atoms with Gasteiger partial charge in [0.2, 0.25) is 0 Å². The molecular weight excluding hydrogens is 280 g/mol. The molecule has 0 amide bonds. The molecule has 0 N–H and O–H groups in total. The smallest absolute Gasteiger partial charge is 0.121 e. The molecule has 0 saturated carbocycles. The summed E-state index contributed by atoms with van der Waals surface area (Å²) >= 11 is 3.43. The normalized spacial score (nSPS) is 10.5. The van der Waals surface area contributed by atoms with Gasteiger partial charge in [0.05, 0.1) is 19.0 Å². The lowest BCUT2D eigenvalue weighted by molar-refractivity contribution is 0.414. The number of nitrogens with zero attached hydrogens (tertiary/aromatic N) is 2. The monoisotopic (exact) mass is 294 g/mol. The Bertz CT molecular complexity index is 482. The number of aryl methyl sites for hydroxylation is 1. The van der Waals surface area contributed by atoms with Gasteiger partial charge in [0, 0.05) is 17.6 Å². The largest absolute Gasteiger partial charge is 0.497 e. The molecule has 0 radical (unpaired) electrons. The molecule has 0 aliphatic rings. The molecule has 4 heteroatoms. The van der Waals surface area contributed by atoms with Gasteiger partial charge >= 0.3 is 0 Å². The third kappa shape index (κ3) is 3.09. The Morgan fingerprint density at radius 2 is 2.29 bits per heavy atom. The van der Waals surface area contributed by atoms with Crippen molar-refractivity contribution in [3.05, 3.63) is 42.2 Å². The van der Waals surface area contributed by atoms with Crippen molar-refractivity contribution >= 4 is 15.9 Å². The van der Waals surface area contributed by atoms with Crippen molar-refractivity contribution in [2.24, 2.45) is 0 Å². The van der Waals surface area contributed by atoms with Crippen LogP contribution in [-0.4, -0.2) is 22.2 Å². The van der Waals surface area contributed by atoms with Gasteiger partial charge in [0.25, 0.3) is 0 Å². The first-order chi connectivity index (χ1) is 8.33. The summed E-state index contributed by atoms with van der Waals surface area (Å²) in [6.07, 6.45) is 6.17. The second-order valence-electron chi connectivity index (χ2n) is 3.79. The summed E-state index contributed by atoms with van der Waals surface area (Å²) in [7, 11) is 1.67. The molecule has 2 rings (SSSR count). The minimum Gasteiger partial charge on any atom is -0.497 e. The zero-order valence-corrected chi connectivity index (χ0v) is 11.4. The van der Waals surface area contributed by atoms with E-state index in [0.29, 0.717) is 0 Å². The first-order valence-corrected chi connectivity index (χ1v) is 6.69. The van der Waals surface area contributed by atoms with E-state index in [1.54, 1.807) is 7.11 Å². The fourth-order valence-corrected chi connectivity index (χ4v) is 1.93. The zero-order valence-electron chi connectivity index (χ0n) is 9.77. The number of methoxy groups -OCH3 is 1. The van der Waals surface area contributed by atoms with Gasteiger partial charge in [-0.3, -0.25) is 0 Å². The summed E-state index contributed by atoms with van der Waals surface area (Å²) in [6.45, 7) is 0. The first-order valence-electron chi connectivity index (χ1n) is 5.57. The molecule has 0 aliphatic heterocycles. The predicted molar refractivity (Wildman–Crippen MR) is 72.2 cm³/mol. The molecule has 17 heavy (non-hydrogen) atoms. The molecule has 3 nitrogen and oxygen atoms in total. The van der Waals surface area contributed by atoms with Crippen LogP contribution >= 0.6 is 15.9 Å². The Labute approximate surface area is 110 Å². The van der Waals surface area contributed by atoms with E-state index in [4.69, 9.17) is 4.74 Å². The van der Waals surface area contributed by atoms with Gasteiger partial charge in [0.1, 0.15) is 5.75 Å². The minimum atomic E-state index is 0.847. The van der Waals surface area contributed by atoms with Gasteiger partial charge in [-0.15, -0.1) is 0 Å². The van der Waals surface area contributed by atoms with E-state index in [1.165, 1.54) is 5.56 Å². The van der Waals surface area contributed by atoms with Crippen LogP contribution in [-0.2, 0) is 6.42 Å². The van der Waals surface area contributed by atoms with Crippen molar-refractivity contribution in [2.45, 2.75) is 12.8 Å². The quantitative estimate of drug-likeness (QED) is 0.792. The van der Waals surface area contributed by atoms with Crippen LogP contribution in [0.2, 0.25) is 0 Å². The molecule has 0 bridgehead atoms. The number of hydrogen-bond donors (Lipinski definition) is 0. The van der Waals surface area contributed by atoms with Gasteiger partial charge in [0.15, 0.2) is 0 Å². The van der Waals surface area contributed by atoms with Gasteiger partial charge in [-0.2, -0.15) is 5.10 Å². The summed E-state index contributed by atoms with van der Waals surface area (Å²) in [6, 6.07) is 7.89. The molecule has 0 unspecified atom stereocenters. The highest BCUT2D eigenvalue weighted by molar-refractivity contribution is 9.09. The van der Waals surface area contributed by atoms with E-state index < -0.39 is 0 Å². The van der Waals surface area contributed by atoms with Crippen LogP contribution in [0.1, 0.15) is 12.0 Å². The van der Waals surface area contributed by atoms with Crippen LogP contribution in [0, 0.1) is 0 Å². The fourth-order valence-electron chi connectivity index (χ4n) is 1.65. The third-order valence-corrected chi connectivity index (χ3v) is 3.11. The van der Waals surface area contributed by atoms with E-state index in [-0.39, 0.29) is 0 Å². The Hall–Kier alpha value is -1.29. The van der Waals surface area contributed by atoms with Gasteiger partial charge < -0.3 is 4.74 Å². The first kappa shape index (κ1) is 12.2. The molecule has 0 fully saturated rings. The lowest BCUT2D eigenvalue weighted by Crippen LogP contribution is -1.94. The highest BCUT2D eigenvalue weighted by Crippen LogP contribution is 2.16. The number of alkyl halides is 1. The Morgan fingerprint density at radius 1 is 1.41 bits per heavy atom. The summed E-state index contributed by atoms with van der Waals surface area (Å²) in [5.74, 6) is 0.847. The lowest BCUT2D eigenvalue weighted by Gasteiger charge is -2.03. The Balaban J connectivity index is 2.18. The molecule has 1 aromatic heterocycles. The van der Waals surface area contributed by atoms with Crippen molar-refractivity contribution in [3.63, 3.8) is 0 Å².